The second kappa shape index (κ2) is 7.53. The fourth-order valence-electron chi connectivity index (χ4n) is 1.54. The van der Waals surface area contributed by atoms with Crippen molar-refractivity contribution < 1.29 is 9.59 Å². The molecule has 0 heterocycles. The van der Waals surface area contributed by atoms with Crippen molar-refractivity contribution in [3.05, 3.63) is 58.6 Å². The zero-order valence-corrected chi connectivity index (χ0v) is 12.7. The maximum Gasteiger partial charge on any atom is 0.338 e. The summed E-state index contributed by atoms with van der Waals surface area (Å²) in [5, 5.41) is 5.76. The van der Waals surface area contributed by atoms with Crippen LogP contribution in [0.1, 0.15) is 0 Å². The lowest BCUT2D eigenvalue weighted by Crippen LogP contribution is -2.45. The van der Waals surface area contributed by atoms with Crippen LogP contribution in [0.3, 0.4) is 0 Å². The molecule has 2 aromatic carbocycles. The van der Waals surface area contributed by atoms with Gasteiger partial charge in [-0.15, -0.1) is 0 Å². The Hall–Kier alpha value is -2.44. The Morgan fingerprint density at radius 3 is 2.09 bits per heavy atom. The van der Waals surface area contributed by atoms with E-state index in [2.05, 4.69) is 21.5 Å². The summed E-state index contributed by atoms with van der Waals surface area (Å²) in [5.41, 5.74) is 5.36. The van der Waals surface area contributed by atoms with E-state index in [0.29, 0.717) is 16.4 Å². The predicted molar refractivity (Wildman–Crippen MR) is 87.2 cm³/mol. The molecule has 0 saturated heterocycles. The highest BCUT2D eigenvalue weighted by molar-refractivity contribution is 6.36. The minimum atomic E-state index is -0.646. The van der Waals surface area contributed by atoms with E-state index in [9.17, 15) is 9.59 Å². The number of hydrogen-bond donors (Lipinski definition) is 4. The number of hydrazine groups is 1. The molecule has 114 valence electrons. The third kappa shape index (κ3) is 4.83. The summed E-state index contributed by atoms with van der Waals surface area (Å²) >= 11 is 11.7. The summed E-state index contributed by atoms with van der Waals surface area (Å²) in [4.78, 5) is 23.2. The fourth-order valence-corrected chi connectivity index (χ4v) is 2.00. The highest BCUT2D eigenvalue weighted by Crippen LogP contribution is 2.25. The number of benzene rings is 2. The molecular formula is C14H12Cl2N4O2. The molecule has 0 saturated carbocycles. The highest BCUT2D eigenvalue weighted by Gasteiger charge is 2.07. The number of para-hydroxylation sites is 1. The second-order valence-corrected chi connectivity index (χ2v) is 4.99. The standard InChI is InChI=1S/C14H12Cl2N4O2/c15-9-6-7-12(11(16)8-9)18-14(22)20-19-13(21)17-10-4-2-1-3-5-10/h1-8H,(H2,17,19,21)(H2,18,20,22). The van der Waals surface area contributed by atoms with Gasteiger partial charge in [0.25, 0.3) is 0 Å². The van der Waals surface area contributed by atoms with Gasteiger partial charge in [-0.25, -0.2) is 20.4 Å². The van der Waals surface area contributed by atoms with Gasteiger partial charge in [-0.2, -0.15) is 0 Å². The molecule has 2 rings (SSSR count). The molecule has 0 radical (unpaired) electrons. The van der Waals surface area contributed by atoms with Crippen molar-refractivity contribution in [1.82, 2.24) is 10.9 Å². The van der Waals surface area contributed by atoms with E-state index in [0.717, 1.165) is 0 Å². The average molecular weight is 339 g/mol. The maximum atomic E-state index is 11.7. The molecule has 0 aromatic heterocycles. The first-order chi connectivity index (χ1) is 10.5. The van der Waals surface area contributed by atoms with Gasteiger partial charge in [0.2, 0.25) is 0 Å². The summed E-state index contributed by atoms with van der Waals surface area (Å²) in [6, 6.07) is 12.2. The van der Waals surface area contributed by atoms with E-state index in [4.69, 9.17) is 23.2 Å². The van der Waals surface area contributed by atoms with Crippen LogP contribution in [-0.4, -0.2) is 12.1 Å². The molecular weight excluding hydrogens is 327 g/mol. The van der Waals surface area contributed by atoms with Gasteiger partial charge in [-0.3, -0.25) is 0 Å². The Morgan fingerprint density at radius 2 is 1.45 bits per heavy atom. The Morgan fingerprint density at radius 1 is 0.818 bits per heavy atom. The molecule has 0 unspecified atom stereocenters. The Balaban J connectivity index is 1.81. The number of carbonyl (C=O) groups excluding carboxylic acids is 2. The lowest BCUT2D eigenvalue weighted by Gasteiger charge is -2.11. The molecule has 6 nitrogen and oxygen atoms in total. The van der Waals surface area contributed by atoms with Crippen molar-refractivity contribution in [2.75, 3.05) is 10.6 Å². The Bertz CT molecular complexity index is 680. The molecule has 4 N–H and O–H groups in total. The maximum absolute atomic E-state index is 11.7. The number of hydrogen-bond acceptors (Lipinski definition) is 2. The van der Waals surface area contributed by atoms with Crippen molar-refractivity contribution >= 4 is 46.6 Å². The van der Waals surface area contributed by atoms with Crippen LogP contribution in [0.4, 0.5) is 21.0 Å². The van der Waals surface area contributed by atoms with E-state index >= 15 is 0 Å². The highest BCUT2D eigenvalue weighted by atomic mass is 35.5. The van der Waals surface area contributed by atoms with E-state index in [1.165, 1.54) is 6.07 Å². The van der Waals surface area contributed by atoms with Crippen LogP contribution < -0.4 is 21.5 Å². The van der Waals surface area contributed by atoms with Crippen LogP contribution in [0.15, 0.2) is 48.5 Å². The van der Waals surface area contributed by atoms with Gasteiger partial charge in [0.05, 0.1) is 10.7 Å². The molecule has 22 heavy (non-hydrogen) atoms. The topological polar surface area (TPSA) is 82.3 Å². The molecule has 0 aliphatic rings. The third-order valence-corrected chi connectivity index (χ3v) is 3.05. The third-order valence-electron chi connectivity index (χ3n) is 2.50. The largest absolute Gasteiger partial charge is 0.338 e. The summed E-state index contributed by atoms with van der Waals surface area (Å²) in [6.45, 7) is 0. The smallest absolute Gasteiger partial charge is 0.307 e. The van der Waals surface area contributed by atoms with Crippen LogP contribution >= 0.6 is 23.2 Å². The number of nitrogens with one attached hydrogen (secondary N) is 4. The zero-order chi connectivity index (χ0) is 15.9. The lowest BCUT2D eigenvalue weighted by molar-refractivity contribution is 0.237. The molecule has 0 aliphatic heterocycles. The van der Waals surface area contributed by atoms with Crippen LogP contribution in [0, 0.1) is 0 Å². The van der Waals surface area contributed by atoms with Crippen LogP contribution in [0.25, 0.3) is 0 Å². The molecule has 4 amide bonds. The van der Waals surface area contributed by atoms with Crippen LogP contribution in [-0.2, 0) is 0 Å². The number of amides is 4. The summed E-state index contributed by atoms with van der Waals surface area (Å²) in [6.07, 6.45) is 0. The normalized spacial score (nSPS) is 9.73. The van der Waals surface area contributed by atoms with E-state index in [1.807, 2.05) is 6.07 Å². The SMILES string of the molecule is O=C(NNC(=O)Nc1ccc(Cl)cc1Cl)Nc1ccccc1. The molecule has 0 bridgehead atoms. The van der Waals surface area contributed by atoms with Crippen molar-refractivity contribution in [3.63, 3.8) is 0 Å². The minimum Gasteiger partial charge on any atom is -0.307 e. The van der Waals surface area contributed by atoms with Crippen molar-refractivity contribution in [1.29, 1.82) is 0 Å². The van der Waals surface area contributed by atoms with Crippen LogP contribution in [0.5, 0.6) is 0 Å². The van der Waals surface area contributed by atoms with Gasteiger partial charge in [0.15, 0.2) is 0 Å². The molecule has 0 atom stereocenters. The first-order valence-corrected chi connectivity index (χ1v) is 6.94. The van der Waals surface area contributed by atoms with Gasteiger partial charge < -0.3 is 10.6 Å². The first kappa shape index (κ1) is 15.9. The monoisotopic (exact) mass is 338 g/mol. The average Bonchev–Trinajstić information content (AvgIpc) is 2.49. The van der Waals surface area contributed by atoms with Gasteiger partial charge >= 0.3 is 12.1 Å². The zero-order valence-electron chi connectivity index (χ0n) is 11.2. The molecule has 2 aromatic rings. The summed E-state index contributed by atoms with van der Waals surface area (Å²) in [7, 11) is 0. The lowest BCUT2D eigenvalue weighted by atomic mass is 10.3. The second-order valence-electron chi connectivity index (χ2n) is 4.15. The summed E-state index contributed by atoms with van der Waals surface area (Å²) < 4.78 is 0. The quantitative estimate of drug-likeness (QED) is 0.627. The minimum absolute atomic E-state index is 0.288. The Kier molecular flexibility index (Phi) is 5.46. The van der Waals surface area contributed by atoms with Gasteiger partial charge in [-0.1, -0.05) is 41.4 Å². The van der Waals surface area contributed by atoms with Crippen molar-refractivity contribution in [2.45, 2.75) is 0 Å². The van der Waals surface area contributed by atoms with Gasteiger partial charge in [0.1, 0.15) is 0 Å². The number of urea groups is 2. The number of anilines is 2. The molecule has 0 spiro atoms. The van der Waals surface area contributed by atoms with Crippen LogP contribution in [0.2, 0.25) is 10.0 Å². The van der Waals surface area contributed by atoms with Crippen molar-refractivity contribution in [2.24, 2.45) is 0 Å². The number of halogens is 2. The number of rotatable bonds is 2. The molecule has 0 fully saturated rings. The first-order valence-electron chi connectivity index (χ1n) is 6.18. The summed E-state index contributed by atoms with van der Waals surface area (Å²) in [5.74, 6) is 0. The Labute approximate surface area is 136 Å². The van der Waals surface area contributed by atoms with E-state index in [1.54, 1.807) is 36.4 Å². The van der Waals surface area contributed by atoms with E-state index in [-0.39, 0.29) is 5.02 Å². The van der Waals surface area contributed by atoms with Gasteiger partial charge in [-0.05, 0) is 30.3 Å². The predicted octanol–water partition coefficient (Wildman–Crippen LogP) is 3.85. The molecule has 8 heteroatoms. The van der Waals surface area contributed by atoms with E-state index < -0.39 is 12.1 Å². The fraction of sp³-hybridized carbons (Fsp3) is 0. The van der Waals surface area contributed by atoms with Gasteiger partial charge in [0, 0.05) is 10.7 Å². The number of carbonyl (C=O) groups is 2. The molecule has 0 aliphatic carbocycles. The van der Waals surface area contributed by atoms with Crippen molar-refractivity contribution in [3.8, 4) is 0 Å².